The van der Waals surface area contributed by atoms with Crippen LogP contribution in [0.1, 0.15) is 5.56 Å². The third kappa shape index (κ3) is 3.10. The second-order valence-electron chi connectivity index (χ2n) is 3.65. The van der Waals surface area contributed by atoms with Gasteiger partial charge in [-0.2, -0.15) is 0 Å². The van der Waals surface area contributed by atoms with Gasteiger partial charge in [0.15, 0.2) is 0 Å². The fourth-order valence-corrected chi connectivity index (χ4v) is 1.48. The van der Waals surface area contributed by atoms with Crippen LogP contribution in [0.2, 0.25) is 0 Å². The summed E-state index contributed by atoms with van der Waals surface area (Å²) in [6.45, 7) is 0.685. The number of ether oxygens (including phenoxy) is 2. The quantitative estimate of drug-likeness (QED) is 0.874. The van der Waals surface area contributed by atoms with Gasteiger partial charge in [-0.25, -0.2) is 9.97 Å². The van der Waals surface area contributed by atoms with E-state index in [2.05, 4.69) is 15.3 Å². The molecule has 0 atom stereocenters. The van der Waals surface area contributed by atoms with Crippen molar-refractivity contribution in [2.75, 3.05) is 19.5 Å². The minimum absolute atomic E-state index is 0.544. The fourth-order valence-electron chi connectivity index (χ4n) is 1.48. The number of rotatable bonds is 5. The molecule has 0 amide bonds. The summed E-state index contributed by atoms with van der Waals surface area (Å²) in [5, 5.41) is 3.20. The van der Waals surface area contributed by atoms with Crippen molar-refractivity contribution in [1.82, 2.24) is 9.97 Å². The summed E-state index contributed by atoms with van der Waals surface area (Å²) in [6.07, 6.45) is 1.47. The number of hydrogen-bond donors (Lipinski definition) is 1. The number of nitrogens with one attached hydrogen (secondary N) is 1. The summed E-state index contributed by atoms with van der Waals surface area (Å²) in [6, 6.07) is 9.62. The van der Waals surface area contributed by atoms with Crippen molar-refractivity contribution < 1.29 is 9.47 Å². The molecule has 0 aliphatic heterocycles. The maximum atomic E-state index is 5.10. The van der Waals surface area contributed by atoms with Crippen molar-refractivity contribution in [3.63, 3.8) is 0 Å². The lowest BCUT2D eigenvalue weighted by molar-refractivity contribution is 0.397. The second kappa shape index (κ2) is 5.86. The molecule has 0 radical (unpaired) electrons. The van der Waals surface area contributed by atoms with E-state index in [4.69, 9.17) is 9.47 Å². The Morgan fingerprint density at radius 2 is 1.83 bits per heavy atom. The maximum absolute atomic E-state index is 5.10. The van der Waals surface area contributed by atoms with Gasteiger partial charge in [-0.1, -0.05) is 12.1 Å². The zero-order chi connectivity index (χ0) is 12.8. The molecule has 0 saturated heterocycles. The highest BCUT2D eigenvalue weighted by Gasteiger charge is 1.99. The van der Waals surface area contributed by atoms with Gasteiger partial charge in [0.1, 0.15) is 17.9 Å². The predicted octanol–water partition coefficient (Wildman–Crippen LogP) is 2.11. The standard InChI is InChI=1S/C13H15N3O2/c1-17-11-5-3-10(4-6-11)8-14-12-7-13(18-2)16-9-15-12/h3-7,9H,8H2,1-2H3,(H,14,15,16). The number of hydrogen-bond acceptors (Lipinski definition) is 5. The lowest BCUT2D eigenvalue weighted by Crippen LogP contribution is -2.02. The van der Waals surface area contributed by atoms with E-state index in [1.54, 1.807) is 20.3 Å². The average Bonchev–Trinajstić information content (AvgIpc) is 2.46. The molecule has 5 nitrogen and oxygen atoms in total. The molecular formula is C13H15N3O2. The Labute approximate surface area is 106 Å². The number of benzene rings is 1. The van der Waals surface area contributed by atoms with Crippen LogP contribution in [0.25, 0.3) is 0 Å². The van der Waals surface area contributed by atoms with Crippen LogP contribution < -0.4 is 14.8 Å². The van der Waals surface area contributed by atoms with Gasteiger partial charge in [-0.05, 0) is 17.7 Å². The molecule has 94 valence electrons. The molecule has 2 rings (SSSR count). The Morgan fingerprint density at radius 1 is 1.06 bits per heavy atom. The summed E-state index contributed by atoms with van der Waals surface area (Å²) in [5.74, 6) is 2.13. The first-order valence-corrected chi connectivity index (χ1v) is 5.54. The summed E-state index contributed by atoms with van der Waals surface area (Å²) in [5.41, 5.74) is 1.15. The van der Waals surface area contributed by atoms with E-state index in [9.17, 15) is 0 Å². The number of methoxy groups -OCH3 is 2. The molecule has 0 bridgehead atoms. The van der Waals surface area contributed by atoms with Crippen LogP contribution in [0.4, 0.5) is 5.82 Å². The molecule has 1 aromatic carbocycles. The Morgan fingerprint density at radius 3 is 2.50 bits per heavy atom. The first kappa shape index (κ1) is 12.2. The van der Waals surface area contributed by atoms with Crippen LogP contribution in [-0.4, -0.2) is 24.2 Å². The minimum atomic E-state index is 0.544. The Balaban J connectivity index is 1.97. The van der Waals surface area contributed by atoms with Crippen molar-refractivity contribution in [3.05, 3.63) is 42.2 Å². The molecule has 0 unspecified atom stereocenters. The highest BCUT2D eigenvalue weighted by atomic mass is 16.5. The zero-order valence-corrected chi connectivity index (χ0v) is 10.4. The predicted molar refractivity (Wildman–Crippen MR) is 68.9 cm³/mol. The summed E-state index contributed by atoms with van der Waals surface area (Å²) >= 11 is 0. The van der Waals surface area contributed by atoms with Crippen molar-refractivity contribution in [2.24, 2.45) is 0 Å². The molecule has 1 heterocycles. The SMILES string of the molecule is COc1ccc(CNc2cc(OC)ncn2)cc1. The van der Waals surface area contributed by atoms with E-state index in [0.717, 1.165) is 17.1 Å². The lowest BCUT2D eigenvalue weighted by Gasteiger charge is -2.07. The van der Waals surface area contributed by atoms with Gasteiger partial charge < -0.3 is 14.8 Å². The van der Waals surface area contributed by atoms with Gasteiger partial charge in [-0.3, -0.25) is 0 Å². The second-order valence-corrected chi connectivity index (χ2v) is 3.65. The van der Waals surface area contributed by atoms with E-state index in [-0.39, 0.29) is 0 Å². The van der Waals surface area contributed by atoms with Crippen LogP contribution in [-0.2, 0) is 6.54 Å². The highest BCUT2D eigenvalue weighted by molar-refractivity contribution is 5.38. The van der Waals surface area contributed by atoms with E-state index in [0.29, 0.717) is 12.4 Å². The molecule has 0 spiro atoms. The zero-order valence-electron chi connectivity index (χ0n) is 10.4. The average molecular weight is 245 g/mol. The fraction of sp³-hybridized carbons (Fsp3) is 0.231. The topological polar surface area (TPSA) is 56.3 Å². The molecule has 0 aliphatic carbocycles. The normalized spacial score (nSPS) is 9.89. The molecule has 5 heteroatoms. The van der Waals surface area contributed by atoms with E-state index in [1.807, 2.05) is 24.3 Å². The molecule has 18 heavy (non-hydrogen) atoms. The van der Waals surface area contributed by atoms with E-state index in [1.165, 1.54) is 6.33 Å². The van der Waals surface area contributed by atoms with Gasteiger partial charge in [0.2, 0.25) is 5.88 Å². The van der Waals surface area contributed by atoms with E-state index < -0.39 is 0 Å². The summed E-state index contributed by atoms with van der Waals surface area (Å²) < 4.78 is 10.1. The van der Waals surface area contributed by atoms with Crippen LogP contribution in [0.3, 0.4) is 0 Å². The smallest absolute Gasteiger partial charge is 0.218 e. The first-order valence-electron chi connectivity index (χ1n) is 5.54. The Bertz CT molecular complexity index is 500. The van der Waals surface area contributed by atoms with Gasteiger partial charge >= 0.3 is 0 Å². The molecule has 0 aliphatic rings. The third-order valence-electron chi connectivity index (χ3n) is 2.48. The van der Waals surface area contributed by atoms with Crippen LogP contribution in [0.15, 0.2) is 36.7 Å². The third-order valence-corrected chi connectivity index (χ3v) is 2.48. The van der Waals surface area contributed by atoms with Gasteiger partial charge in [-0.15, -0.1) is 0 Å². The Kier molecular flexibility index (Phi) is 3.96. The van der Waals surface area contributed by atoms with Crippen molar-refractivity contribution >= 4 is 5.82 Å². The molecule has 0 saturated carbocycles. The Hall–Kier alpha value is -2.30. The summed E-state index contributed by atoms with van der Waals surface area (Å²) in [7, 11) is 3.23. The van der Waals surface area contributed by atoms with Gasteiger partial charge in [0, 0.05) is 12.6 Å². The van der Waals surface area contributed by atoms with Crippen molar-refractivity contribution in [1.29, 1.82) is 0 Å². The van der Waals surface area contributed by atoms with Crippen molar-refractivity contribution in [3.8, 4) is 11.6 Å². The molecule has 0 fully saturated rings. The molecular weight excluding hydrogens is 230 g/mol. The number of anilines is 1. The van der Waals surface area contributed by atoms with E-state index >= 15 is 0 Å². The van der Waals surface area contributed by atoms with Gasteiger partial charge in [0.25, 0.3) is 0 Å². The monoisotopic (exact) mass is 245 g/mol. The maximum Gasteiger partial charge on any atom is 0.218 e. The molecule has 1 N–H and O–H groups in total. The highest BCUT2D eigenvalue weighted by Crippen LogP contribution is 2.14. The molecule has 1 aromatic heterocycles. The van der Waals surface area contributed by atoms with Crippen molar-refractivity contribution in [2.45, 2.75) is 6.54 Å². The number of aromatic nitrogens is 2. The minimum Gasteiger partial charge on any atom is -0.497 e. The lowest BCUT2D eigenvalue weighted by atomic mass is 10.2. The summed E-state index contributed by atoms with van der Waals surface area (Å²) in [4.78, 5) is 8.05. The largest absolute Gasteiger partial charge is 0.497 e. The van der Waals surface area contributed by atoms with Crippen LogP contribution >= 0.6 is 0 Å². The number of nitrogens with zero attached hydrogens (tertiary/aromatic N) is 2. The molecule has 2 aromatic rings. The first-order chi connectivity index (χ1) is 8.81. The van der Waals surface area contributed by atoms with Crippen LogP contribution in [0, 0.1) is 0 Å². The van der Waals surface area contributed by atoms with Crippen LogP contribution in [0.5, 0.6) is 11.6 Å². The van der Waals surface area contributed by atoms with Gasteiger partial charge in [0.05, 0.1) is 14.2 Å².